The summed E-state index contributed by atoms with van der Waals surface area (Å²) in [5.41, 5.74) is 0.353. The molecule has 0 aromatic rings. The molecule has 4 rings (SSSR count). The minimum absolute atomic E-state index is 0.135. The molecule has 0 N–H and O–H groups in total. The number of carbonyl (C=O) groups is 2. The van der Waals surface area contributed by atoms with Gasteiger partial charge in [0.2, 0.25) is 5.91 Å². The van der Waals surface area contributed by atoms with E-state index in [1.54, 1.807) is 6.92 Å². The van der Waals surface area contributed by atoms with Crippen LogP contribution in [0, 0.1) is 11.3 Å². The molecule has 0 radical (unpaired) electrons. The standard InChI is InChI=1S/C21H35N3O3.C2H6/c1-3-27-20(26)23-11-8-21(15-23)12-19(13-21)22-9-6-17(7-10-22)14-24(16(2)25)18-4-5-18;1-2/h17-19H,3-15H2,1-2H3;1-2H3. The van der Waals surface area contributed by atoms with Crippen molar-refractivity contribution in [3.8, 4) is 0 Å². The van der Waals surface area contributed by atoms with Gasteiger partial charge in [-0.15, -0.1) is 0 Å². The summed E-state index contributed by atoms with van der Waals surface area (Å²) in [6, 6.07) is 1.23. The van der Waals surface area contributed by atoms with Crippen LogP contribution in [0.15, 0.2) is 0 Å². The van der Waals surface area contributed by atoms with Gasteiger partial charge in [-0.1, -0.05) is 13.8 Å². The van der Waals surface area contributed by atoms with Crippen LogP contribution in [-0.4, -0.2) is 78.1 Å². The number of hydrogen-bond acceptors (Lipinski definition) is 4. The normalized spacial score (nSPS) is 29.8. The van der Waals surface area contributed by atoms with Crippen LogP contribution in [0.2, 0.25) is 0 Å². The van der Waals surface area contributed by atoms with E-state index in [0.717, 1.165) is 26.1 Å². The van der Waals surface area contributed by atoms with Crippen LogP contribution in [0.5, 0.6) is 0 Å². The van der Waals surface area contributed by atoms with Gasteiger partial charge in [0.05, 0.1) is 6.61 Å². The Hall–Kier alpha value is -1.30. The van der Waals surface area contributed by atoms with Crippen LogP contribution in [0.25, 0.3) is 0 Å². The first-order valence-corrected chi connectivity index (χ1v) is 11.9. The fraction of sp³-hybridized carbons (Fsp3) is 0.913. The molecule has 0 atom stereocenters. The number of amides is 2. The average Bonchev–Trinajstić information content (AvgIpc) is 3.43. The topological polar surface area (TPSA) is 53.1 Å². The molecular formula is C23H41N3O3. The SMILES string of the molecule is CC.CCOC(=O)N1CCC2(CC(N3CCC(CN(C(C)=O)C4CC4)CC3)C2)C1. The van der Waals surface area contributed by atoms with Crippen molar-refractivity contribution >= 4 is 12.0 Å². The van der Waals surface area contributed by atoms with E-state index in [1.807, 2.05) is 25.7 Å². The molecule has 2 heterocycles. The molecule has 4 aliphatic rings. The van der Waals surface area contributed by atoms with Gasteiger partial charge in [-0.25, -0.2) is 4.79 Å². The number of carbonyl (C=O) groups excluding carboxylic acids is 2. The molecule has 6 heteroatoms. The molecule has 4 fully saturated rings. The Bertz CT molecular complexity index is 564. The van der Waals surface area contributed by atoms with E-state index in [-0.39, 0.29) is 12.0 Å². The van der Waals surface area contributed by atoms with Gasteiger partial charge in [0.1, 0.15) is 0 Å². The molecule has 2 amide bonds. The van der Waals surface area contributed by atoms with Crippen LogP contribution in [0.1, 0.15) is 72.6 Å². The minimum atomic E-state index is -0.135. The maximum absolute atomic E-state index is 11.9. The molecule has 2 saturated heterocycles. The van der Waals surface area contributed by atoms with Gasteiger partial charge in [-0.05, 0) is 76.3 Å². The highest BCUT2D eigenvalue weighted by atomic mass is 16.6. The van der Waals surface area contributed by atoms with Crippen LogP contribution in [0.3, 0.4) is 0 Å². The van der Waals surface area contributed by atoms with E-state index >= 15 is 0 Å². The molecule has 0 bridgehead atoms. The number of likely N-dealkylation sites (tertiary alicyclic amines) is 2. The Morgan fingerprint density at radius 1 is 1.07 bits per heavy atom. The first-order valence-electron chi connectivity index (χ1n) is 11.9. The third-order valence-corrected chi connectivity index (χ3v) is 7.31. The Labute approximate surface area is 176 Å². The zero-order valence-electron chi connectivity index (χ0n) is 19.0. The molecule has 6 nitrogen and oxygen atoms in total. The van der Waals surface area contributed by atoms with Gasteiger partial charge in [0.25, 0.3) is 0 Å². The highest BCUT2D eigenvalue weighted by molar-refractivity contribution is 5.74. The lowest BCUT2D eigenvalue weighted by molar-refractivity contribution is -0.130. The summed E-state index contributed by atoms with van der Waals surface area (Å²) >= 11 is 0. The predicted molar refractivity (Wildman–Crippen MR) is 115 cm³/mol. The van der Waals surface area contributed by atoms with Gasteiger partial charge >= 0.3 is 6.09 Å². The second-order valence-corrected chi connectivity index (χ2v) is 9.31. The van der Waals surface area contributed by atoms with Crippen molar-refractivity contribution in [2.75, 3.05) is 39.3 Å². The molecule has 0 aromatic heterocycles. The number of ether oxygens (including phenoxy) is 1. The smallest absolute Gasteiger partial charge is 0.409 e. The first-order chi connectivity index (χ1) is 14.0. The van der Waals surface area contributed by atoms with Gasteiger partial charge in [-0.2, -0.15) is 0 Å². The van der Waals surface area contributed by atoms with Crippen molar-refractivity contribution in [1.82, 2.24) is 14.7 Å². The lowest BCUT2D eigenvalue weighted by Crippen LogP contribution is -2.54. The van der Waals surface area contributed by atoms with E-state index in [9.17, 15) is 9.59 Å². The molecule has 2 aliphatic heterocycles. The molecule has 29 heavy (non-hydrogen) atoms. The Balaban J connectivity index is 0.00000117. The largest absolute Gasteiger partial charge is 0.450 e. The lowest BCUT2D eigenvalue weighted by atomic mass is 9.64. The molecular weight excluding hydrogens is 366 g/mol. The third-order valence-electron chi connectivity index (χ3n) is 7.31. The zero-order valence-corrected chi connectivity index (χ0v) is 19.0. The molecule has 166 valence electrons. The van der Waals surface area contributed by atoms with Gasteiger partial charge < -0.3 is 19.4 Å². The quantitative estimate of drug-likeness (QED) is 0.697. The highest BCUT2D eigenvalue weighted by Crippen LogP contribution is 2.50. The second kappa shape index (κ2) is 9.67. The van der Waals surface area contributed by atoms with Gasteiger partial charge in [0.15, 0.2) is 0 Å². The Morgan fingerprint density at radius 2 is 1.72 bits per heavy atom. The summed E-state index contributed by atoms with van der Waals surface area (Å²) in [7, 11) is 0. The maximum Gasteiger partial charge on any atom is 0.409 e. The van der Waals surface area contributed by atoms with Crippen molar-refractivity contribution in [1.29, 1.82) is 0 Å². The van der Waals surface area contributed by atoms with E-state index in [1.165, 1.54) is 51.6 Å². The summed E-state index contributed by atoms with van der Waals surface area (Å²) in [5.74, 6) is 0.929. The Kier molecular flexibility index (Phi) is 7.47. The summed E-state index contributed by atoms with van der Waals surface area (Å²) in [5, 5.41) is 0. The summed E-state index contributed by atoms with van der Waals surface area (Å²) < 4.78 is 5.16. The summed E-state index contributed by atoms with van der Waals surface area (Å²) in [6.45, 7) is 13.1. The van der Waals surface area contributed by atoms with Gasteiger partial charge in [0, 0.05) is 38.6 Å². The average molecular weight is 408 g/mol. The van der Waals surface area contributed by atoms with Crippen LogP contribution >= 0.6 is 0 Å². The van der Waals surface area contributed by atoms with E-state index in [4.69, 9.17) is 4.74 Å². The zero-order chi connectivity index (χ0) is 21.0. The van der Waals surface area contributed by atoms with E-state index in [0.29, 0.717) is 30.0 Å². The van der Waals surface area contributed by atoms with Crippen molar-refractivity contribution < 1.29 is 14.3 Å². The fourth-order valence-corrected chi connectivity index (χ4v) is 5.54. The first kappa shape index (κ1) is 22.4. The third kappa shape index (κ3) is 5.25. The number of rotatable bonds is 5. The molecule has 1 spiro atoms. The van der Waals surface area contributed by atoms with Crippen LogP contribution in [0.4, 0.5) is 4.79 Å². The monoisotopic (exact) mass is 407 g/mol. The van der Waals surface area contributed by atoms with Crippen molar-refractivity contribution in [2.24, 2.45) is 11.3 Å². The molecule has 0 unspecified atom stereocenters. The summed E-state index contributed by atoms with van der Waals surface area (Å²) in [6.07, 6.45) is 8.29. The van der Waals surface area contributed by atoms with E-state index < -0.39 is 0 Å². The van der Waals surface area contributed by atoms with Crippen molar-refractivity contribution in [3.05, 3.63) is 0 Å². The lowest BCUT2D eigenvalue weighted by Gasteiger charge is -2.51. The highest BCUT2D eigenvalue weighted by Gasteiger charge is 2.51. The molecule has 2 aliphatic carbocycles. The van der Waals surface area contributed by atoms with Crippen LogP contribution in [-0.2, 0) is 9.53 Å². The second-order valence-electron chi connectivity index (χ2n) is 9.31. The van der Waals surface area contributed by atoms with Gasteiger partial charge in [-0.3, -0.25) is 4.79 Å². The number of hydrogen-bond donors (Lipinski definition) is 0. The maximum atomic E-state index is 11.9. The predicted octanol–water partition coefficient (Wildman–Crippen LogP) is 3.75. The fourth-order valence-electron chi connectivity index (χ4n) is 5.54. The molecule has 0 aromatic carbocycles. The van der Waals surface area contributed by atoms with Crippen LogP contribution < -0.4 is 0 Å². The Morgan fingerprint density at radius 3 is 2.28 bits per heavy atom. The number of piperidine rings is 1. The molecule has 2 saturated carbocycles. The summed E-state index contributed by atoms with van der Waals surface area (Å²) in [4.78, 5) is 30.5. The van der Waals surface area contributed by atoms with E-state index in [2.05, 4.69) is 9.80 Å². The number of nitrogens with zero attached hydrogens (tertiary/aromatic N) is 3. The van der Waals surface area contributed by atoms with Crippen molar-refractivity contribution in [2.45, 2.75) is 84.7 Å². The van der Waals surface area contributed by atoms with Crippen molar-refractivity contribution in [3.63, 3.8) is 0 Å². The minimum Gasteiger partial charge on any atom is -0.450 e.